The lowest BCUT2D eigenvalue weighted by molar-refractivity contribution is 0.0992. The molecule has 0 unspecified atom stereocenters. The minimum atomic E-state index is -0.252. The van der Waals surface area contributed by atoms with E-state index in [0.29, 0.717) is 16.9 Å². The van der Waals surface area contributed by atoms with Gasteiger partial charge in [-0.3, -0.25) is 14.7 Å². The summed E-state index contributed by atoms with van der Waals surface area (Å²) in [5.74, 6) is 0.295. The van der Waals surface area contributed by atoms with Crippen LogP contribution >= 0.6 is 0 Å². The number of nitriles is 1. The molecule has 1 amide bonds. The minimum Gasteiger partial charge on any atom is -0.296 e. The molecule has 0 aliphatic heterocycles. The molecule has 0 saturated heterocycles. The third-order valence-corrected chi connectivity index (χ3v) is 2.41. The van der Waals surface area contributed by atoms with Crippen LogP contribution in [0.3, 0.4) is 0 Å². The van der Waals surface area contributed by atoms with Crippen molar-refractivity contribution in [2.45, 2.75) is 0 Å². The van der Waals surface area contributed by atoms with Crippen LogP contribution in [0, 0.1) is 11.3 Å². The molecule has 2 heterocycles. The summed E-state index contributed by atoms with van der Waals surface area (Å²) in [6, 6.07) is 8.78. The number of rotatable bonds is 2. The standard InChI is InChI=1S/C13H10N4O/c1-17(12-4-2-3-5-16-12)13(18)11-6-10(7-14)8-15-9-11/h2-6,8-9H,1H3. The molecule has 0 saturated carbocycles. The van der Waals surface area contributed by atoms with E-state index in [2.05, 4.69) is 9.97 Å². The molecule has 0 aromatic carbocycles. The van der Waals surface area contributed by atoms with Gasteiger partial charge in [0.15, 0.2) is 0 Å². The molecule has 5 nitrogen and oxygen atoms in total. The van der Waals surface area contributed by atoms with Crippen LogP contribution in [0.15, 0.2) is 42.9 Å². The number of aromatic nitrogens is 2. The van der Waals surface area contributed by atoms with Crippen LogP contribution in [0.25, 0.3) is 0 Å². The van der Waals surface area contributed by atoms with Gasteiger partial charge in [-0.1, -0.05) is 6.07 Å². The second kappa shape index (κ2) is 5.06. The van der Waals surface area contributed by atoms with Gasteiger partial charge < -0.3 is 0 Å². The Morgan fingerprint density at radius 2 is 2.22 bits per heavy atom. The number of amides is 1. The van der Waals surface area contributed by atoms with Crippen molar-refractivity contribution in [1.82, 2.24) is 9.97 Å². The maximum Gasteiger partial charge on any atom is 0.260 e. The summed E-state index contributed by atoms with van der Waals surface area (Å²) in [5, 5.41) is 8.77. The normalized spacial score (nSPS) is 9.56. The molecular formula is C13H10N4O. The Morgan fingerprint density at radius 1 is 1.39 bits per heavy atom. The zero-order chi connectivity index (χ0) is 13.0. The van der Waals surface area contributed by atoms with Gasteiger partial charge in [-0.15, -0.1) is 0 Å². The Kier molecular flexibility index (Phi) is 3.30. The number of carbonyl (C=O) groups is 1. The zero-order valence-corrected chi connectivity index (χ0v) is 9.74. The molecule has 0 aliphatic rings. The maximum atomic E-state index is 12.1. The van der Waals surface area contributed by atoms with Gasteiger partial charge in [0.05, 0.1) is 11.1 Å². The minimum absolute atomic E-state index is 0.252. The Balaban J connectivity index is 2.29. The molecule has 0 atom stereocenters. The fraction of sp³-hybridized carbons (Fsp3) is 0.0769. The Bertz CT molecular complexity index is 604. The SMILES string of the molecule is CN(C(=O)c1cncc(C#N)c1)c1ccccn1. The van der Waals surface area contributed by atoms with Crippen LogP contribution in [0.5, 0.6) is 0 Å². The van der Waals surface area contributed by atoms with E-state index in [-0.39, 0.29) is 5.91 Å². The van der Waals surface area contributed by atoms with Crippen molar-refractivity contribution in [3.8, 4) is 6.07 Å². The third kappa shape index (κ3) is 2.33. The van der Waals surface area contributed by atoms with Crippen LogP contribution in [0.1, 0.15) is 15.9 Å². The average Bonchev–Trinajstić information content (AvgIpc) is 2.46. The molecule has 2 rings (SSSR count). The lowest BCUT2D eigenvalue weighted by Crippen LogP contribution is -2.27. The zero-order valence-electron chi connectivity index (χ0n) is 9.74. The topological polar surface area (TPSA) is 69.9 Å². The van der Waals surface area contributed by atoms with E-state index in [1.165, 1.54) is 23.4 Å². The van der Waals surface area contributed by atoms with Gasteiger partial charge in [-0.2, -0.15) is 5.26 Å². The number of nitrogens with zero attached hydrogens (tertiary/aromatic N) is 4. The van der Waals surface area contributed by atoms with Gasteiger partial charge in [-0.25, -0.2) is 4.98 Å². The summed E-state index contributed by atoms with van der Waals surface area (Å²) >= 11 is 0. The van der Waals surface area contributed by atoms with Gasteiger partial charge in [0.1, 0.15) is 11.9 Å². The molecule has 0 N–H and O–H groups in total. The summed E-state index contributed by atoms with van der Waals surface area (Å²) in [5.41, 5.74) is 0.720. The fourth-order valence-electron chi connectivity index (χ4n) is 1.47. The van der Waals surface area contributed by atoms with E-state index in [0.717, 1.165) is 0 Å². The maximum absolute atomic E-state index is 12.1. The highest BCUT2D eigenvalue weighted by molar-refractivity contribution is 6.05. The molecule has 0 radical (unpaired) electrons. The van der Waals surface area contributed by atoms with E-state index in [1.54, 1.807) is 31.4 Å². The number of carbonyl (C=O) groups excluding carboxylic acids is 1. The lowest BCUT2D eigenvalue weighted by Gasteiger charge is -2.15. The van der Waals surface area contributed by atoms with Gasteiger partial charge in [0.25, 0.3) is 5.91 Å². The van der Waals surface area contributed by atoms with E-state index >= 15 is 0 Å². The second-order valence-corrected chi connectivity index (χ2v) is 3.63. The van der Waals surface area contributed by atoms with Gasteiger partial charge >= 0.3 is 0 Å². The Labute approximate surface area is 104 Å². The van der Waals surface area contributed by atoms with E-state index < -0.39 is 0 Å². The third-order valence-electron chi connectivity index (χ3n) is 2.41. The Morgan fingerprint density at radius 3 is 2.89 bits per heavy atom. The molecule has 2 aromatic heterocycles. The van der Waals surface area contributed by atoms with Crippen LogP contribution < -0.4 is 4.90 Å². The van der Waals surface area contributed by atoms with Gasteiger partial charge in [-0.05, 0) is 18.2 Å². The van der Waals surface area contributed by atoms with Crippen molar-refractivity contribution < 1.29 is 4.79 Å². The van der Waals surface area contributed by atoms with Crippen LogP contribution in [0.4, 0.5) is 5.82 Å². The number of anilines is 1. The van der Waals surface area contributed by atoms with Crippen LogP contribution in [-0.2, 0) is 0 Å². The highest BCUT2D eigenvalue weighted by atomic mass is 16.2. The van der Waals surface area contributed by atoms with Crippen molar-refractivity contribution in [3.05, 3.63) is 54.0 Å². The molecule has 0 bridgehead atoms. The summed E-state index contributed by atoms with van der Waals surface area (Å²) in [6.45, 7) is 0. The Hall–Kier alpha value is -2.74. The van der Waals surface area contributed by atoms with Crippen molar-refractivity contribution >= 4 is 11.7 Å². The van der Waals surface area contributed by atoms with Crippen LogP contribution in [-0.4, -0.2) is 22.9 Å². The van der Waals surface area contributed by atoms with Crippen molar-refractivity contribution in [3.63, 3.8) is 0 Å². The highest BCUT2D eigenvalue weighted by Gasteiger charge is 2.14. The number of hydrogen-bond donors (Lipinski definition) is 0. The number of hydrogen-bond acceptors (Lipinski definition) is 4. The first-order valence-corrected chi connectivity index (χ1v) is 5.26. The first-order chi connectivity index (χ1) is 8.72. The molecule has 5 heteroatoms. The fourth-order valence-corrected chi connectivity index (χ4v) is 1.47. The van der Waals surface area contributed by atoms with Crippen molar-refractivity contribution in [1.29, 1.82) is 5.26 Å². The summed E-state index contributed by atoms with van der Waals surface area (Å²) in [7, 11) is 1.63. The average molecular weight is 238 g/mol. The van der Waals surface area contributed by atoms with E-state index in [4.69, 9.17) is 5.26 Å². The van der Waals surface area contributed by atoms with E-state index in [1.807, 2.05) is 6.07 Å². The largest absolute Gasteiger partial charge is 0.296 e. The molecule has 0 aliphatic carbocycles. The van der Waals surface area contributed by atoms with Gasteiger partial charge in [0.2, 0.25) is 0 Å². The lowest BCUT2D eigenvalue weighted by atomic mass is 10.2. The predicted octanol–water partition coefficient (Wildman–Crippen LogP) is 1.62. The molecular weight excluding hydrogens is 228 g/mol. The number of pyridine rings is 2. The molecule has 0 fully saturated rings. The molecule has 0 spiro atoms. The van der Waals surface area contributed by atoms with Crippen LogP contribution in [0.2, 0.25) is 0 Å². The van der Waals surface area contributed by atoms with Crippen molar-refractivity contribution in [2.24, 2.45) is 0 Å². The summed E-state index contributed by atoms with van der Waals surface area (Å²) in [6.07, 6.45) is 4.46. The highest BCUT2D eigenvalue weighted by Crippen LogP contribution is 2.12. The molecule has 2 aromatic rings. The first kappa shape index (κ1) is 11.7. The predicted molar refractivity (Wildman–Crippen MR) is 65.9 cm³/mol. The molecule has 88 valence electrons. The smallest absolute Gasteiger partial charge is 0.260 e. The van der Waals surface area contributed by atoms with Crippen molar-refractivity contribution in [2.75, 3.05) is 11.9 Å². The summed E-state index contributed by atoms with van der Waals surface area (Å²) in [4.78, 5) is 21.5. The quantitative estimate of drug-likeness (QED) is 0.797. The van der Waals surface area contributed by atoms with Gasteiger partial charge in [0, 0.05) is 25.6 Å². The first-order valence-electron chi connectivity index (χ1n) is 5.26. The second-order valence-electron chi connectivity index (χ2n) is 3.63. The summed E-state index contributed by atoms with van der Waals surface area (Å²) < 4.78 is 0. The van der Waals surface area contributed by atoms with E-state index in [9.17, 15) is 4.79 Å². The monoisotopic (exact) mass is 238 g/mol. The molecule has 18 heavy (non-hydrogen) atoms.